The van der Waals surface area contributed by atoms with Crippen molar-refractivity contribution in [1.29, 1.82) is 0 Å². The summed E-state index contributed by atoms with van der Waals surface area (Å²) < 4.78 is 30.2. The van der Waals surface area contributed by atoms with Gasteiger partial charge >= 0.3 is 5.97 Å². The van der Waals surface area contributed by atoms with E-state index in [9.17, 15) is 13.2 Å². The molecule has 0 aliphatic rings. The second-order valence-corrected chi connectivity index (χ2v) is 5.55. The summed E-state index contributed by atoms with van der Waals surface area (Å²) in [5, 5.41) is 8.79. The molecule has 0 unspecified atom stereocenters. The van der Waals surface area contributed by atoms with E-state index in [4.69, 9.17) is 9.52 Å². The maximum Gasteiger partial charge on any atom is 0.339 e. The molecule has 0 amide bonds. The number of rotatable bonds is 6. The normalized spacial score (nSPS) is 11.6. The van der Waals surface area contributed by atoms with Gasteiger partial charge in [-0.1, -0.05) is 6.92 Å². The highest BCUT2D eigenvalue weighted by molar-refractivity contribution is 7.89. The Kier molecular flexibility index (Phi) is 4.30. The van der Waals surface area contributed by atoms with Crippen LogP contribution in [0.25, 0.3) is 0 Å². The summed E-state index contributed by atoms with van der Waals surface area (Å²) >= 11 is 0. The molecule has 1 rings (SSSR count). The summed E-state index contributed by atoms with van der Waals surface area (Å²) in [5.41, 5.74) is 0.0506. The van der Waals surface area contributed by atoms with E-state index >= 15 is 0 Å². The van der Waals surface area contributed by atoms with Crippen LogP contribution >= 0.6 is 0 Å². The third-order valence-corrected chi connectivity index (χ3v) is 3.67. The molecule has 0 bridgehead atoms. The lowest BCUT2D eigenvalue weighted by molar-refractivity contribution is 0.0695. The quantitative estimate of drug-likeness (QED) is 0.799. The number of nitrogens with one attached hydrogen (secondary N) is 1. The summed E-state index contributed by atoms with van der Waals surface area (Å²) in [6.07, 6.45) is 0.521. The van der Waals surface area contributed by atoms with E-state index < -0.39 is 16.0 Å². The Morgan fingerprint density at radius 1 is 1.53 bits per heavy atom. The topological polar surface area (TPSA) is 96.6 Å². The van der Waals surface area contributed by atoms with Gasteiger partial charge in [0.05, 0.1) is 12.3 Å². The van der Waals surface area contributed by atoms with Crippen LogP contribution in [0.5, 0.6) is 0 Å². The molecule has 0 radical (unpaired) electrons. The lowest BCUT2D eigenvalue weighted by Crippen LogP contribution is -2.25. The highest BCUT2D eigenvalue weighted by Gasteiger charge is 2.15. The van der Waals surface area contributed by atoms with Crippen LogP contribution in [-0.4, -0.2) is 25.2 Å². The van der Waals surface area contributed by atoms with Crippen LogP contribution in [0.3, 0.4) is 0 Å². The maximum atomic E-state index is 11.4. The monoisotopic (exact) mass is 261 g/mol. The van der Waals surface area contributed by atoms with E-state index in [1.54, 1.807) is 6.92 Å². The predicted molar refractivity (Wildman–Crippen MR) is 61.3 cm³/mol. The van der Waals surface area contributed by atoms with Crippen molar-refractivity contribution in [2.45, 2.75) is 26.8 Å². The summed E-state index contributed by atoms with van der Waals surface area (Å²) in [5.74, 6) is -0.492. The van der Waals surface area contributed by atoms with E-state index in [1.807, 2.05) is 0 Å². The summed E-state index contributed by atoms with van der Waals surface area (Å²) in [4.78, 5) is 10.7. The van der Waals surface area contributed by atoms with Crippen molar-refractivity contribution in [3.8, 4) is 0 Å². The summed E-state index contributed by atoms with van der Waals surface area (Å²) in [6, 6.07) is 1.33. The highest BCUT2D eigenvalue weighted by atomic mass is 32.2. The van der Waals surface area contributed by atoms with Crippen LogP contribution in [0.1, 0.15) is 35.2 Å². The van der Waals surface area contributed by atoms with Crippen molar-refractivity contribution in [2.24, 2.45) is 0 Å². The fourth-order valence-corrected chi connectivity index (χ4v) is 2.41. The average molecular weight is 261 g/mol. The van der Waals surface area contributed by atoms with Gasteiger partial charge in [0.2, 0.25) is 10.0 Å². The lowest BCUT2D eigenvalue weighted by Gasteiger charge is -2.02. The number of carboxylic acids is 1. The minimum atomic E-state index is -3.31. The van der Waals surface area contributed by atoms with Gasteiger partial charge in [0.15, 0.2) is 0 Å². The Morgan fingerprint density at radius 3 is 2.65 bits per heavy atom. The van der Waals surface area contributed by atoms with E-state index in [0.717, 1.165) is 0 Å². The molecule has 0 spiro atoms. The van der Waals surface area contributed by atoms with Crippen molar-refractivity contribution in [3.63, 3.8) is 0 Å². The second-order valence-electron chi connectivity index (χ2n) is 3.63. The molecule has 17 heavy (non-hydrogen) atoms. The fraction of sp³-hybridized carbons (Fsp3) is 0.500. The van der Waals surface area contributed by atoms with Gasteiger partial charge in [0.25, 0.3) is 0 Å². The first kappa shape index (κ1) is 13.7. The van der Waals surface area contributed by atoms with Crippen LogP contribution in [-0.2, 0) is 16.6 Å². The Morgan fingerprint density at radius 2 is 2.18 bits per heavy atom. The molecule has 2 N–H and O–H groups in total. The number of carboxylic acid groups (broad SMARTS) is 1. The molecule has 0 atom stereocenters. The number of aryl methyl sites for hydroxylation is 1. The molecule has 1 heterocycles. The van der Waals surface area contributed by atoms with Crippen molar-refractivity contribution in [1.82, 2.24) is 4.72 Å². The second kappa shape index (κ2) is 5.33. The van der Waals surface area contributed by atoms with Crippen LogP contribution in [0.2, 0.25) is 0 Å². The van der Waals surface area contributed by atoms with Crippen molar-refractivity contribution >= 4 is 16.0 Å². The van der Waals surface area contributed by atoms with Gasteiger partial charge in [-0.2, -0.15) is 0 Å². The van der Waals surface area contributed by atoms with E-state index in [-0.39, 0.29) is 23.6 Å². The first-order valence-corrected chi connectivity index (χ1v) is 6.81. The Balaban J connectivity index is 2.71. The van der Waals surface area contributed by atoms with Crippen LogP contribution in [0, 0.1) is 6.92 Å². The zero-order valence-corrected chi connectivity index (χ0v) is 10.5. The molecule has 0 aromatic carbocycles. The standard InChI is InChI=1S/C10H15NO5S/c1-3-4-17(14,15)11-6-8-5-9(10(12)13)7(2)16-8/h5,11H,3-4,6H2,1-2H3,(H,12,13). The van der Waals surface area contributed by atoms with E-state index in [0.29, 0.717) is 12.2 Å². The molecule has 0 aliphatic carbocycles. The zero-order chi connectivity index (χ0) is 13.1. The summed E-state index contributed by atoms with van der Waals surface area (Å²) in [7, 11) is -3.31. The molecule has 96 valence electrons. The van der Waals surface area contributed by atoms with Crippen molar-refractivity contribution < 1.29 is 22.7 Å². The molecule has 0 aliphatic heterocycles. The van der Waals surface area contributed by atoms with Crippen LogP contribution < -0.4 is 4.72 Å². The van der Waals surface area contributed by atoms with E-state index in [1.165, 1.54) is 13.0 Å². The molecule has 0 fully saturated rings. The predicted octanol–water partition coefficient (Wildman–Crippen LogP) is 1.12. The maximum absolute atomic E-state index is 11.4. The Hall–Kier alpha value is -1.34. The molecule has 1 aromatic heterocycles. The largest absolute Gasteiger partial charge is 0.478 e. The Bertz CT molecular complexity index is 503. The van der Waals surface area contributed by atoms with E-state index in [2.05, 4.69) is 4.72 Å². The first-order valence-electron chi connectivity index (χ1n) is 5.15. The molecule has 1 aromatic rings. The van der Waals surface area contributed by atoms with Gasteiger partial charge in [-0.15, -0.1) is 0 Å². The van der Waals surface area contributed by atoms with Gasteiger partial charge in [-0.3, -0.25) is 0 Å². The molecule has 6 nitrogen and oxygen atoms in total. The third kappa shape index (κ3) is 3.86. The van der Waals surface area contributed by atoms with Gasteiger partial charge in [-0.05, 0) is 19.4 Å². The highest BCUT2D eigenvalue weighted by Crippen LogP contribution is 2.14. The van der Waals surface area contributed by atoms with Crippen molar-refractivity contribution in [2.75, 3.05) is 5.75 Å². The average Bonchev–Trinajstić information content (AvgIpc) is 2.57. The molecule has 0 saturated carbocycles. The van der Waals surface area contributed by atoms with Gasteiger partial charge < -0.3 is 9.52 Å². The minimum absolute atomic E-state index is 0.0313. The number of hydrogen-bond acceptors (Lipinski definition) is 4. The molecular formula is C10H15NO5S. The number of sulfonamides is 1. The Labute approximate surface area is 99.7 Å². The fourth-order valence-electron chi connectivity index (χ4n) is 1.37. The third-order valence-electron chi connectivity index (χ3n) is 2.14. The number of carbonyl (C=O) groups is 1. The van der Waals surface area contributed by atoms with Crippen LogP contribution in [0.4, 0.5) is 0 Å². The summed E-state index contributed by atoms with van der Waals surface area (Å²) in [6.45, 7) is 3.25. The first-order chi connectivity index (χ1) is 7.85. The zero-order valence-electron chi connectivity index (χ0n) is 9.69. The SMILES string of the molecule is CCCS(=O)(=O)NCc1cc(C(=O)O)c(C)o1. The van der Waals surface area contributed by atoms with Gasteiger partial charge in [-0.25, -0.2) is 17.9 Å². The number of aromatic carboxylic acids is 1. The lowest BCUT2D eigenvalue weighted by atomic mass is 10.2. The molecular weight excluding hydrogens is 246 g/mol. The number of furan rings is 1. The smallest absolute Gasteiger partial charge is 0.339 e. The van der Waals surface area contributed by atoms with Gasteiger partial charge in [0, 0.05) is 0 Å². The molecule has 7 heteroatoms. The minimum Gasteiger partial charge on any atom is -0.478 e. The number of hydrogen-bond donors (Lipinski definition) is 2. The molecule has 0 saturated heterocycles. The van der Waals surface area contributed by atoms with Crippen LogP contribution in [0.15, 0.2) is 10.5 Å². The van der Waals surface area contributed by atoms with Gasteiger partial charge in [0.1, 0.15) is 17.1 Å². The van der Waals surface area contributed by atoms with Crippen molar-refractivity contribution in [3.05, 3.63) is 23.2 Å².